The number of hydrazine groups is 1. The Bertz CT molecular complexity index is 454. The minimum atomic E-state index is -0.504. The molecule has 1 unspecified atom stereocenters. The first-order valence-electron chi connectivity index (χ1n) is 7.08. The topological polar surface area (TPSA) is 82.0 Å². The van der Waals surface area contributed by atoms with Crippen LogP contribution in [0.5, 0.6) is 0 Å². The SMILES string of the molecule is CN1N[C@@H]([C@@H](CO)OCc2ccccc2)C(CCO)C1=O. The van der Waals surface area contributed by atoms with Gasteiger partial charge in [0.2, 0.25) is 5.91 Å². The van der Waals surface area contributed by atoms with E-state index < -0.39 is 6.10 Å². The molecule has 0 saturated carbocycles. The number of carbonyl (C=O) groups is 1. The lowest BCUT2D eigenvalue weighted by Gasteiger charge is -2.25. The number of hydrogen-bond acceptors (Lipinski definition) is 5. The number of aliphatic hydroxyl groups is 2. The summed E-state index contributed by atoms with van der Waals surface area (Å²) in [6, 6.07) is 9.33. The maximum absolute atomic E-state index is 12.0. The van der Waals surface area contributed by atoms with Crippen molar-refractivity contribution in [1.29, 1.82) is 0 Å². The Morgan fingerprint density at radius 3 is 2.67 bits per heavy atom. The molecule has 116 valence electrons. The molecule has 1 fully saturated rings. The summed E-state index contributed by atoms with van der Waals surface area (Å²) >= 11 is 0. The van der Waals surface area contributed by atoms with Gasteiger partial charge >= 0.3 is 0 Å². The van der Waals surface area contributed by atoms with Crippen LogP contribution in [0.15, 0.2) is 30.3 Å². The van der Waals surface area contributed by atoms with Crippen LogP contribution in [-0.2, 0) is 16.1 Å². The van der Waals surface area contributed by atoms with Crippen LogP contribution in [0.4, 0.5) is 0 Å². The number of hydrogen-bond donors (Lipinski definition) is 3. The summed E-state index contributed by atoms with van der Waals surface area (Å²) < 4.78 is 5.76. The van der Waals surface area contributed by atoms with Gasteiger partial charge in [0.1, 0.15) is 0 Å². The standard InChI is InChI=1S/C15H22N2O4/c1-17-15(20)12(7-8-18)14(16-17)13(9-19)21-10-11-5-3-2-4-6-11/h2-6,12-14,16,18-19H,7-10H2,1H3/t12?,13-,14-/m1/s1. The molecule has 6 heteroatoms. The monoisotopic (exact) mass is 294 g/mol. The zero-order valence-corrected chi connectivity index (χ0v) is 12.1. The lowest BCUT2D eigenvalue weighted by Crippen LogP contribution is -2.45. The quantitative estimate of drug-likeness (QED) is 0.655. The third-order valence-electron chi connectivity index (χ3n) is 3.75. The maximum atomic E-state index is 12.0. The molecule has 0 aliphatic carbocycles. The zero-order chi connectivity index (χ0) is 15.2. The molecule has 2 rings (SSSR count). The summed E-state index contributed by atoms with van der Waals surface area (Å²) in [6.45, 7) is 0.112. The van der Waals surface area contributed by atoms with Crippen molar-refractivity contribution < 1.29 is 19.7 Å². The van der Waals surface area contributed by atoms with Gasteiger partial charge in [-0.3, -0.25) is 9.80 Å². The summed E-state index contributed by atoms with van der Waals surface area (Å²) in [4.78, 5) is 12.0. The molecule has 0 spiro atoms. The smallest absolute Gasteiger partial charge is 0.241 e. The Kier molecular flexibility index (Phi) is 5.69. The van der Waals surface area contributed by atoms with Crippen molar-refractivity contribution in [3.8, 4) is 0 Å². The molecule has 0 bridgehead atoms. The van der Waals surface area contributed by atoms with E-state index >= 15 is 0 Å². The lowest BCUT2D eigenvalue weighted by atomic mass is 9.93. The van der Waals surface area contributed by atoms with Crippen LogP contribution in [-0.4, -0.2) is 53.5 Å². The first-order chi connectivity index (χ1) is 10.2. The fourth-order valence-corrected chi connectivity index (χ4v) is 2.61. The molecule has 1 amide bonds. The number of rotatable bonds is 7. The average Bonchev–Trinajstić information content (AvgIpc) is 2.78. The van der Waals surface area contributed by atoms with Crippen molar-refractivity contribution in [3.05, 3.63) is 35.9 Å². The van der Waals surface area contributed by atoms with Gasteiger partial charge in [-0.15, -0.1) is 0 Å². The van der Waals surface area contributed by atoms with Gasteiger partial charge in [-0.1, -0.05) is 30.3 Å². The number of ether oxygens (including phenoxy) is 1. The number of aliphatic hydroxyl groups excluding tert-OH is 2. The van der Waals surface area contributed by atoms with E-state index in [9.17, 15) is 9.90 Å². The molecule has 1 aromatic rings. The van der Waals surface area contributed by atoms with Crippen molar-refractivity contribution in [3.63, 3.8) is 0 Å². The summed E-state index contributed by atoms with van der Waals surface area (Å²) in [5, 5.41) is 20.1. The Hall–Kier alpha value is -1.47. The first-order valence-corrected chi connectivity index (χ1v) is 7.08. The maximum Gasteiger partial charge on any atom is 0.241 e. The van der Waals surface area contributed by atoms with Gasteiger partial charge in [0, 0.05) is 13.7 Å². The molecule has 0 radical (unpaired) electrons. The number of benzene rings is 1. The molecule has 1 aliphatic heterocycles. The molecular formula is C15H22N2O4. The van der Waals surface area contributed by atoms with Crippen LogP contribution in [0.25, 0.3) is 0 Å². The van der Waals surface area contributed by atoms with Crippen LogP contribution in [0.2, 0.25) is 0 Å². The van der Waals surface area contributed by atoms with Gasteiger partial charge in [0.25, 0.3) is 0 Å². The predicted octanol–water partition coefficient (Wildman–Crippen LogP) is -0.0921. The fraction of sp³-hybridized carbons (Fsp3) is 0.533. The van der Waals surface area contributed by atoms with E-state index in [1.165, 1.54) is 5.01 Å². The first kappa shape index (κ1) is 15.9. The van der Waals surface area contributed by atoms with Gasteiger partial charge in [-0.25, -0.2) is 5.43 Å². The van der Waals surface area contributed by atoms with Crippen LogP contribution in [0, 0.1) is 5.92 Å². The van der Waals surface area contributed by atoms with Crippen molar-refractivity contribution in [2.45, 2.75) is 25.2 Å². The van der Waals surface area contributed by atoms with Crippen molar-refractivity contribution in [1.82, 2.24) is 10.4 Å². The summed E-state index contributed by atoms with van der Waals surface area (Å²) in [6.07, 6.45) is -0.151. The largest absolute Gasteiger partial charge is 0.396 e. The summed E-state index contributed by atoms with van der Waals surface area (Å²) in [5.41, 5.74) is 4.02. The van der Waals surface area contributed by atoms with Crippen LogP contribution >= 0.6 is 0 Å². The van der Waals surface area contributed by atoms with Crippen molar-refractivity contribution in [2.75, 3.05) is 20.3 Å². The molecule has 1 heterocycles. The van der Waals surface area contributed by atoms with Crippen LogP contribution in [0.3, 0.4) is 0 Å². The van der Waals surface area contributed by atoms with Gasteiger partial charge in [0.15, 0.2) is 0 Å². The minimum Gasteiger partial charge on any atom is -0.396 e. The highest BCUT2D eigenvalue weighted by molar-refractivity contribution is 5.81. The second-order valence-corrected chi connectivity index (χ2v) is 5.19. The molecule has 21 heavy (non-hydrogen) atoms. The number of nitrogens with one attached hydrogen (secondary N) is 1. The highest BCUT2D eigenvalue weighted by atomic mass is 16.5. The molecule has 1 saturated heterocycles. The predicted molar refractivity (Wildman–Crippen MR) is 77.0 cm³/mol. The second kappa shape index (κ2) is 7.51. The Balaban J connectivity index is 2.00. The van der Waals surface area contributed by atoms with Gasteiger partial charge in [0.05, 0.1) is 31.3 Å². The third-order valence-corrected chi connectivity index (χ3v) is 3.75. The summed E-state index contributed by atoms with van der Waals surface area (Å²) in [7, 11) is 1.64. The number of amides is 1. The number of carbonyl (C=O) groups excluding carboxylic acids is 1. The van der Waals surface area contributed by atoms with Crippen molar-refractivity contribution >= 4 is 5.91 Å². The molecule has 1 aliphatic rings. The minimum absolute atomic E-state index is 0.0702. The zero-order valence-electron chi connectivity index (χ0n) is 12.1. The fourth-order valence-electron chi connectivity index (χ4n) is 2.61. The van der Waals surface area contributed by atoms with Crippen LogP contribution < -0.4 is 5.43 Å². The van der Waals surface area contributed by atoms with E-state index in [2.05, 4.69) is 5.43 Å². The Morgan fingerprint density at radius 2 is 2.05 bits per heavy atom. The molecule has 3 atom stereocenters. The Morgan fingerprint density at radius 1 is 1.33 bits per heavy atom. The number of nitrogens with zero attached hydrogens (tertiary/aromatic N) is 1. The third kappa shape index (κ3) is 3.79. The molecule has 0 aromatic heterocycles. The van der Waals surface area contributed by atoms with E-state index in [1.807, 2.05) is 30.3 Å². The van der Waals surface area contributed by atoms with Gasteiger partial charge < -0.3 is 14.9 Å². The molecular weight excluding hydrogens is 272 g/mol. The second-order valence-electron chi connectivity index (χ2n) is 5.19. The average molecular weight is 294 g/mol. The highest BCUT2D eigenvalue weighted by Crippen LogP contribution is 2.23. The molecule has 3 N–H and O–H groups in total. The highest BCUT2D eigenvalue weighted by Gasteiger charge is 2.42. The van der Waals surface area contributed by atoms with Gasteiger partial charge in [-0.05, 0) is 12.0 Å². The molecule has 6 nitrogen and oxygen atoms in total. The van der Waals surface area contributed by atoms with Gasteiger partial charge in [-0.2, -0.15) is 0 Å². The van der Waals surface area contributed by atoms with E-state index in [4.69, 9.17) is 9.84 Å². The van der Waals surface area contributed by atoms with E-state index in [0.29, 0.717) is 13.0 Å². The van der Waals surface area contributed by atoms with Crippen LogP contribution in [0.1, 0.15) is 12.0 Å². The van der Waals surface area contributed by atoms with Crippen molar-refractivity contribution in [2.24, 2.45) is 5.92 Å². The van der Waals surface area contributed by atoms with E-state index in [1.54, 1.807) is 7.05 Å². The van der Waals surface area contributed by atoms with E-state index in [-0.39, 0.29) is 31.1 Å². The van der Waals surface area contributed by atoms with E-state index in [0.717, 1.165) is 5.56 Å². The normalized spacial score (nSPS) is 23.6. The lowest BCUT2D eigenvalue weighted by molar-refractivity contribution is -0.131. The Labute approximate surface area is 124 Å². The molecule has 1 aromatic carbocycles. The summed E-state index contributed by atoms with van der Waals surface area (Å²) in [5.74, 6) is -0.469.